The normalized spacial score (nSPS) is 11.8. The van der Waals surface area contributed by atoms with Crippen LogP contribution in [-0.2, 0) is 27.7 Å². The van der Waals surface area contributed by atoms with Crippen molar-refractivity contribution in [3.8, 4) is 0 Å². The van der Waals surface area contributed by atoms with Crippen LogP contribution in [0.1, 0.15) is 18.1 Å². The minimum atomic E-state index is -3.50. The number of anilines is 1. The highest BCUT2D eigenvalue weighted by molar-refractivity contribution is 7.89. The van der Waals surface area contributed by atoms with Crippen molar-refractivity contribution in [1.29, 1.82) is 0 Å². The van der Waals surface area contributed by atoms with Crippen LogP contribution in [0.15, 0.2) is 47.4 Å². The molecule has 0 aliphatic rings. The first kappa shape index (κ1) is 19.8. The number of hydrogen-bond acceptors (Lipinski definition) is 6. The third-order valence-electron chi connectivity index (χ3n) is 4.14. The molecular formula is C19H23N3O3S2. The predicted octanol–water partition coefficient (Wildman–Crippen LogP) is 3.40. The molecule has 1 aromatic heterocycles. The monoisotopic (exact) mass is 405 g/mol. The summed E-state index contributed by atoms with van der Waals surface area (Å²) in [6, 6.07) is 13.2. The highest BCUT2D eigenvalue weighted by atomic mass is 32.2. The number of nitrogens with one attached hydrogen (secondary N) is 2. The first-order chi connectivity index (χ1) is 13.0. The topological polar surface area (TPSA) is 80.3 Å². The van der Waals surface area contributed by atoms with Gasteiger partial charge in [0.1, 0.15) is 0 Å². The van der Waals surface area contributed by atoms with E-state index in [4.69, 9.17) is 4.74 Å². The number of fused-ring (bicyclic) bond motifs is 1. The van der Waals surface area contributed by atoms with Gasteiger partial charge in [0.2, 0.25) is 10.0 Å². The quantitative estimate of drug-likeness (QED) is 0.534. The third-order valence-corrected chi connectivity index (χ3v) is 6.59. The van der Waals surface area contributed by atoms with Crippen LogP contribution < -0.4 is 10.0 Å². The molecule has 0 bridgehead atoms. The molecule has 2 aromatic carbocycles. The highest BCUT2D eigenvalue weighted by Gasteiger charge is 2.13. The Morgan fingerprint density at radius 1 is 1.11 bits per heavy atom. The number of hydrogen-bond donors (Lipinski definition) is 2. The maximum atomic E-state index is 12.2. The second-order valence-corrected chi connectivity index (χ2v) is 8.86. The molecule has 0 unspecified atom stereocenters. The van der Waals surface area contributed by atoms with E-state index < -0.39 is 10.0 Å². The fourth-order valence-electron chi connectivity index (χ4n) is 2.59. The van der Waals surface area contributed by atoms with Gasteiger partial charge in [-0.05, 0) is 41.8 Å². The molecule has 6 nitrogen and oxygen atoms in total. The lowest BCUT2D eigenvalue weighted by atomic mass is 10.2. The zero-order valence-corrected chi connectivity index (χ0v) is 17.0. The van der Waals surface area contributed by atoms with Crippen LogP contribution in [0.5, 0.6) is 0 Å². The summed E-state index contributed by atoms with van der Waals surface area (Å²) in [5, 5.41) is 4.17. The van der Waals surface area contributed by atoms with E-state index in [0.717, 1.165) is 22.6 Å². The summed E-state index contributed by atoms with van der Waals surface area (Å²) >= 11 is 1.62. The van der Waals surface area contributed by atoms with Gasteiger partial charge < -0.3 is 10.1 Å². The summed E-state index contributed by atoms with van der Waals surface area (Å²) in [6.45, 7) is 3.30. The van der Waals surface area contributed by atoms with Crippen LogP contribution in [0, 0.1) is 0 Å². The van der Waals surface area contributed by atoms with Crippen LogP contribution in [-0.4, -0.2) is 33.7 Å². The zero-order chi connectivity index (χ0) is 19.3. The van der Waals surface area contributed by atoms with Gasteiger partial charge in [-0.2, -0.15) is 0 Å². The Balaban J connectivity index is 1.63. The minimum Gasteiger partial charge on any atom is -0.383 e. The van der Waals surface area contributed by atoms with Gasteiger partial charge >= 0.3 is 0 Å². The summed E-state index contributed by atoms with van der Waals surface area (Å²) in [5.74, 6) is 0. The van der Waals surface area contributed by atoms with Crippen molar-refractivity contribution in [2.24, 2.45) is 0 Å². The van der Waals surface area contributed by atoms with Crippen molar-refractivity contribution in [3.05, 3.63) is 53.6 Å². The summed E-state index contributed by atoms with van der Waals surface area (Å²) < 4.78 is 32.8. The maximum absolute atomic E-state index is 12.2. The Morgan fingerprint density at radius 2 is 1.85 bits per heavy atom. The van der Waals surface area contributed by atoms with Crippen molar-refractivity contribution < 1.29 is 13.2 Å². The Bertz CT molecular complexity index is 999. The van der Waals surface area contributed by atoms with Crippen molar-refractivity contribution in [3.63, 3.8) is 0 Å². The lowest BCUT2D eigenvalue weighted by Crippen LogP contribution is -2.27. The van der Waals surface area contributed by atoms with Gasteiger partial charge in [-0.25, -0.2) is 18.1 Å². The van der Waals surface area contributed by atoms with Crippen LogP contribution in [0.25, 0.3) is 10.2 Å². The molecular weight excluding hydrogens is 382 g/mol. The van der Waals surface area contributed by atoms with Gasteiger partial charge in [0.25, 0.3) is 0 Å². The van der Waals surface area contributed by atoms with Gasteiger partial charge in [-0.3, -0.25) is 0 Å². The molecule has 0 saturated carbocycles. The standard InChI is InChI=1S/C19H23N3O3S2/c1-3-14-6-9-17-18(12-14)26-19(22-17)20-13-15-4-7-16(8-5-15)27(23,24)21-10-11-25-2/h4-9,12,21H,3,10-11,13H2,1-2H3,(H,20,22). The first-order valence-corrected chi connectivity index (χ1v) is 11.0. The van der Waals surface area contributed by atoms with Crippen LogP contribution in [0.3, 0.4) is 0 Å². The van der Waals surface area contributed by atoms with E-state index in [1.54, 1.807) is 35.6 Å². The van der Waals surface area contributed by atoms with Gasteiger partial charge in [-0.15, -0.1) is 0 Å². The van der Waals surface area contributed by atoms with Gasteiger partial charge in [-0.1, -0.05) is 36.5 Å². The number of ether oxygens (including phenoxy) is 1. The SMILES string of the molecule is CCc1ccc2nc(NCc3ccc(S(=O)(=O)NCCOC)cc3)sc2c1. The fraction of sp³-hybridized carbons (Fsp3) is 0.316. The maximum Gasteiger partial charge on any atom is 0.240 e. The average molecular weight is 406 g/mol. The Labute approximate surface area is 163 Å². The Morgan fingerprint density at radius 3 is 2.56 bits per heavy atom. The minimum absolute atomic E-state index is 0.245. The molecule has 0 atom stereocenters. The molecule has 0 fully saturated rings. The largest absolute Gasteiger partial charge is 0.383 e. The molecule has 8 heteroatoms. The van der Waals surface area contributed by atoms with E-state index in [1.165, 1.54) is 17.4 Å². The summed E-state index contributed by atoms with van der Waals surface area (Å²) in [5.41, 5.74) is 3.27. The Kier molecular flexibility index (Phi) is 6.43. The van der Waals surface area contributed by atoms with Crippen molar-refractivity contribution in [2.75, 3.05) is 25.6 Å². The predicted molar refractivity (Wildman–Crippen MR) is 110 cm³/mol. The van der Waals surface area contributed by atoms with E-state index in [1.807, 2.05) is 6.07 Å². The number of rotatable bonds is 9. The molecule has 3 aromatic rings. The number of methoxy groups -OCH3 is 1. The molecule has 0 radical (unpaired) electrons. The van der Waals surface area contributed by atoms with Gasteiger partial charge in [0.15, 0.2) is 5.13 Å². The second kappa shape index (κ2) is 8.79. The van der Waals surface area contributed by atoms with Crippen molar-refractivity contribution in [2.45, 2.75) is 24.8 Å². The van der Waals surface area contributed by atoms with Gasteiger partial charge in [0, 0.05) is 20.2 Å². The number of aryl methyl sites for hydroxylation is 1. The molecule has 3 rings (SSSR count). The number of benzene rings is 2. The molecule has 2 N–H and O–H groups in total. The number of thiazole rings is 1. The van der Waals surface area contributed by atoms with Crippen LogP contribution in [0.2, 0.25) is 0 Å². The lowest BCUT2D eigenvalue weighted by molar-refractivity contribution is 0.204. The molecule has 0 spiro atoms. The zero-order valence-electron chi connectivity index (χ0n) is 15.4. The van der Waals surface area contributed by atoms with Crippen LogP contribution >= 0.6 is 11.3 Å². The molecule has 0 saturated heterocycles. The molecule has 0 amide bonds. The highest BCUT2D eigenvalue weighted by Crippen LogP contribution is 2.27. The number of nitrogens with zero attached hydrogens (tertiary/aromatic N) is 1. The lowest BCUT2D eigenvalue weighted by Gasteiger charge is -2.07. The molecule has 1 heterocycles. The third kappa shape index (κ3) is 5.04. The second-order valence-electron chi connectivity index (χ2n) is 6.06. The van der Waals surface area contributed by atoms with Crippen molar-refractivity contribution in [1.82, 2.24) is 9.71 Å². The summed E-state index contributed by atoms with van der Waals surface area (Å²) in [4.78, 5) is 4.84. The molecule has 0 aliphatic carbocycles. The average Bonchev–Trinajstić information content (AvgIpc) is 3.08. The van der Waals surface area contributed by atoms with E-state index in [9.17, 15) is 8.42 Å². The van der Waals surface area contributed by atoms with Crippen LogP contribution in [0.4, 0.5) is 5.13 Å². The van der Waals surface area contributed by atoms with Crippen molar-refractivity contribution >= 4 is 36.7 Å². The smallest absolute Gasteiger partial charge is 0.240 e. The van der Waals surface area contributed by atoms with E-state index >= 15 is 0 Å². The number of aromatic nitrogens is 1. The molecule has 27 heavy (non-hydrogen) atoms. The Hall–Kier alpha value is -2.00. The molecule has 144 valence electrons. The first-order valence-electron chi connectivity index (χ1n) is 8.72. The summed E-state index contributed by atoms with van der Waals surface area (Å²) in [7, 11) is -1.97. The van der Waals surface area contributed by atoms with E-state index in [2.05, 4.69) is 34.1 Å². The summed E-state index contributed by atoms with van der Waals surface area (Å²) in [6.07, 6.45) is 1.01. The number of sulfonamides is 1. The van der Waals surface area contributed by atoms with E-state index in [0.29, 0.717) is 13.2 Å². The van der Waals surface area contributed by atoms with Gasteiger partial charge in [0.05, 0.1) is 21.7 Å². The van der Waals surface area contributed by atoms with E-state index in [-0.39, 0.29) is 11.4 Å². The fourth-order valence-corrected chi connectivity index (χ4v) is 4.53. The molecule has 0 aliphatic heterocycles.